The fraction of sp³-hybridized carbons (Fsp3) is 0.533. The van der Waals surface area contributed by atoms with Crippen molar-refractivity contribution in [2.45, 2.75) is 40.2 Å². The highest BCUT2D eigenvalue weighted by atomic mass is 16.1. The van der Waals surface area contributed by atoms with Gasteiger partial charge in [-0.3, -0.25) is 4.79 Å². The summed E-state index contributed by atoms with van der Waals surface area (Å²) in [5.74, 6) is 0.185. The average Bonchev–Trinajstić information content (AvgIpc) is 2.37. The van der Waals surface area contributed by atoms with E-state index in [9.17, 15) is 4.79 Å². The van der Waals surface area contributed by atoms with E-state index in [0.29, 0.717) is 0 Å². The molecule has 1 atom stereocenters. The molecule has 0 aliphatic rings. The molecule has 0 saturated heterocycles. The molecule has 0 saturated carbocycles. The molecule has 0 aliphatic carbocycles. The second-order valence-electron chi connectivity index (χ2n) is 4.66. The largest absolute Gasteiger partial charge is 0.326 e. The van der Waals surface area contributed by atoms with Gasteiger partial charge in [-0.15, -0.1) is 0 Å². The van der Waals surface area contributed by atoms with Gasteiger partial charge < -0.3 is 10.6 Å². The molecule has 100 valence electrons. The predicted molar refractivity (Wildman–Crippen MR) is 76.5 cm³/mol. The lowest BCUT2D eigenvalue weighted by Crippen LogP contribution is -2.20. The van der Waals surface area contributed by atoms with Gasteiger partial charge in [0.05, 0.1) is 0 Å². The lowest BCUT2D eigenvalue weighted by molar-refractivity contribution is -0.119. The predicted octanol–water partition coefficient (Wildman–Crippen LogP) is 3.17. The molecule has 0 spiro atoms. The summed E-state index contributed by atoms with van der Waals surface area (Å²) in [5, 5.41) is 6.25. The number of rotatable bonds is 7. The Balaban J connectivity index is 2.58. The Labute approximate surface area is 110 Å². The molecule has 1 aromatic carbocycles. The van der Waals surface area contributed by atoms with Crippen molar-refractivity contribution in [3.63, 3.8) is 0 Å². The smallest absolute Gasteiger partial charge is 0.227 e. The van der Waals surface area contributed by atoms with Gasteiger partial charge in [0.15, 0.2) is 0 Å². The molecule has 0 radical (unpaired) electrons. The third kappa shape index (κ3) is 4.88. The monoisotopic (exact) mass is 248 g/mol. The van der Waals surface area contributed by atoms with E-state index >= 15 is 0 Å². The van der Waals surface area contributed by atoms with Crippen molar-refractivity contribution >= 4 is 11.6 Å². The summed E-state index contributed by atoms with van der Waals surface area (Å²) < 4.78 is 0. The normalized spacial score (nSPS) is 12.2. The van der Waals surface area contributed by atoms with Gasteiger partial charge >= 0.3 is 0 Å². The van der Waals surface area contributed by atoms with Crippen molar-refractivity contribution < 1.29 is 4.79 Å². The Bertz CT molecular complexity index is 377. The first-order chi connectivity index (χ1) is 8.67. The molecule has 0 aromatic heterocycles. The number of benzene rings is 1. The fourth-order valence-corrected chi connectivity index (χ4v) is 1.86. The zero-order valence-corrected chi connectivity index (χ0v) is 11.6. The zero-order chi connectivity index (χ0) is 13.4. The van der Waals surface area contributed by atoms with Crippen molar-refractivity contribution in [2.75, 3.05) is 11.9 Å². The minimum absolute atomic E-state index is 0.0763. The molecule has 2 N–H and O–H groups in total. The van der Waals surface area contributed by atoms with Gasteiger partial charge in [0.1, 0.15) is 0 Å². The summed E-state index contributed by atoms with van der Waals surface area (Å²) in [6.07, 6.45) is 1.97. The molecule has 1 amide bonds. The minimum Gasteiger partial charge on any atom is -0.326 e. The van der Waals surface area contributed by atoms with Gasteiger partial charge in [-0.25, -0.2) is 0 Å². The highest BCUT2D eigenvalue weighted by molar-refractivity contribution is 5.92. The van der Waals surface area contributed by atoms with Gasteiger partial charge in [-0.05, 0) is 30.7 Å². The molecule has 0 heterocycles. The SMILES string of the molecule is CCCC(C)C(=O)Nc1cccc(CNCC)c1. The van der Waals surface area contributed by atoms with Gasteiger partial charge in [0, 0.05) is 18.2 Å². The quantitative estimate of drug-likeness (QED) is 0.778. The highest BCUT2D eigenvalue weighted by Gasteiger charge is 2.11. The number of anilines is 1. The summed E-state index contributed by atoms with van der Waals surface area (Å²) in [7, 11) is 0. The van der Waals surface area contributed by atoms with Gasteiger partial charge in [-0.2, -0.15) is 0 Å². The first-order valence-corrected chi connectivity index (χ1v) is 6.77. The number of carbonyl (C=O) groups is 1. The zero-order valence-electron chi connectivity index (χ0n) is 11.6. The molecule has 1 unspecified atom stereocenters. The second-order valence-corrected chi connectivity index (χ2v) is 4.66. The lowest BCUT2D eigenvalue weighted by Gasteiger charge is -2.12. The number of hydrogen-bond donors (Lipinski definition) is 2. The molecule has 3 heteroatoms. The first-order valence-electron chi connectivity index (χ1n) is 6.77. The van der Waals surface area contributed by atoms with Crippen LogP contribution < -0.4 is 10.6 Å². The van der Waals surface area contributed by atoms with Crippen LogP contribution in [0.4, 0.5) is 5.69 Å². The van der Waals surface area contributed by atoms with Crippen LogP contribution in [0.3, 0.4) is 0 Å². The number of amides is 1. The summed E-state index contributed by atoms with van der Waals surface area (Å²) in [6, 6.07) is 8.01. The maximum atomic E-state index is 11.9. The highest BCUT2D eigenvalue weighted by Crippen LogP contribution is 2.13. The van der Waals surface area contributed by atoms with Crippen molar-refractivity contribution in [3.05, 3.63) is 29.8 Å². The van der Waals surface area contributed by atoms with Crippen molar-refractivity contribution in [1.82, 2.24) is 5.32 Å². The number of carbonyl (C=O) groups excluding carboxylic acids is 1. The second kappa shape index (κ2) is 7.88. The number of nitrogens with one attached hydrogen (secondary N) is 2. The Morgan fingerprint density at radius 1 is 1.33 bits per heavy atom. The van der Waals surface area contributed by atoms with Crippen LogP contribution >= 0.6 is 0 Å². The first kappa shape index (κ1) is 14.7. The van der Waals surface area contributed by atoms with E-state index in [1.165, 1.54) is 5.56 Å². The van der Waals surface area contributed by atoms with Gasteiger partial charge in [-0.1, -0.05) is 39.3 Å². The molecule has 1 aromatic rings. The maximum absolute atomic E-state index is 11.9. The minimum atomic E-state index is 0.0763. The summed E-state index contributed by atoms with van der Waals surface area (Å²) >= 11 is 0. The Morgan fingerprint density at radius 3 is 2.78 bits per heavy atom. The van der Waals surface area contributed by atoms with Crippen LogP contribution in [0.5, 0.6) is 0 Å². The van der Waals surface area contributed by atoms with Gasteiger partial charge in [0.2, 0.25) is 5.91 Å². The average molecular weight is 248 g/mol. The van der Waals surface area contributed by atoms with Crippen LogP contribution in [0.2, 0.25) is 0 Å². The molecular weight excluding hydrogens is 224 g/mol. The van der Waals surface area contributed by atoms with E-state index in [1.54, 1.807) is 0 Å². The van der Waals surface area contributed by atoms with Crippen molar-refractivity contribution in [1.29, 1.82) is 0 Å². The van der Waals surface area contributed by atoms with Gasteiger partial charge in [0.25, 0.3) is 0 Å². The molecule has 0 fully saturated rings. The van der Waals surface area contributed by atoms with E-state index in [0.717, 1.165) is 31.6 Å². The fourth-order valence-electron chi connectivity index (χ4n) is 1.86. The third-order valence-electron chi connectivity index (χ3n) is 2.94. The molecule has 3 nitrogen and oxygen atoms in total. The van der Waals surface area contributed by atoms with Crippen molar-refractivity contribution in [3.8, 4) is 0 Å². The summed E-state index contributed by atoms with van der Waals surface area (Å²) in [5.41, 5.74) is 2.08. The van der Waals surface area contributed by atoms with E-state index in [4.69, 9.17) is 0 Å². The van der Waals surface area contributed by atoms with Crippen LogP contribution in [0.1, 0.15) is 39.2 Å². The molecular formula is C15H24N2O. The van der Waals surface area contributed by atoms with Crippen LogP contribution in [-0.4, -0.2) is 12.5 Å². The van der Waals surface area contributed by atoms with E-state index in [2.05, 4.69) is 30.5 Å². The summed E-state index contributed by atoms with van der Waals surface area (Å²) in [4.78, 5) is 11.9. The Kier molecular flexibility index (Phi) is 6.44. The molecule has 0 bridgehead atoms. The van der Waals surface area contributed by atoms with Crippen LogP contribution in [0, 0.1) is 5.92 Å². The van der Waals surface area contributed by atoms with Crippen molar-refractivity contribution in [2.24, 2.45) is 5.92 Å². The van der Waals surface area contributed by atoms with E-state index < -0.39 is 0 Å². The van der Waals surface area contributed by atoms with E-state index in [-0.39, 0.29) is 11.8 Å². The summed E-state index contributed by atoms with van der Waals surface area (Å²) in [6.45, 7) is 7.94. The van der Waals surface area contributed by atoms with E-state index in [1.807, 2.05) is 25.1 Å². The Hall–Kier alpha value is -1.35. The molecule has 0 aliphatic heterocycles. The number of hydrogen-bond acceptors (Lipinski definition) is 2. The molecule has 18 heavy (non-hydrogen) atoms. The van der Waals surface area contributed by atoms with Crippen LogP contribution in [-0.2, 0) is 11.3 Å². The topological polar surface area (TPSA) is 41.1 Å². The molecule has 1 rings (SSSR count). The van der Waals surface area contributed by atoms with Crippen LogP contribution in [0.25, 0.3) is 0 Å². The maximum Gasteiger partial charge on any atom is 0.227 e. The Morgan fingerprint density at radius 2 is 2.11 bits per heavy atom. The van der Waals surface area contributed by atoms with Crippen LogP contribution in [0.15, 0.2) is 24.3 Å². The lowest BCUT2D eigenvalue weighted by atomic mass is 10.1. The standard InChI is InChI=1S/C15H24N2O/c1-4-7-12(3)15(18)17-14-9-6-8-13(10-14)11-16-5-2/h6,8-10,12,16H,4-5,7,11H2,1-3H3,(H,17,18). The third-order valence-corrected chi connectivity index (χ3v) is 2.94.